The summed E-state index contributed by atoms with van der Waals surface area (Å²) in [7, 11) is 1.15. The number of aliphatic hydroxyl groups is 1. The fourth-order valence-corrected chi connectivity index (χ4v) is 3.72. The van der Waals surface area contributed by atoms with E-state index in [-0.39, 0.29) is 17.7 Å². The molecule has 1 aliphatic carbocycles. The Morgan fingerprint density at radius 3 is 2.45 bits per heavy atom. The van der Waals surface area contributed by atoms with E-state index in [1.54, 1.807) is 11.4 Å². The maximum atomic E-state index is 15.0. The zero-order valence-corrected chi connectivity index (χ0v) is 17.6. The van der Waals surface area contributed by atoms with Crippen LogP contribution in [0.15, 0.2) is 18.2 Å². The molecular weight excluding hydrogens is 475 g/mol. The van der Waals surface area contributed by atoms with Crippen LogP contribution in [0, 0.1) is 23.0 Å². The second-order valence-electron chi connectivity index (χ2n) is 7.49. The number of nitrogens with one attached hydrogen (secondary N) is 2. The van der Waals surface area contributed by atoms with Crippen LogP contribution in [0.2, 0.25) is 5.15 Å². The number of alkyl halides is 3. The monoisotopic (exact) mass is 490 g/mol. The van der Waals surface area contributed by atoms with Gasteiger partial charge in [-0.1, -0.05) is 11.6 Å². The Morgan fingerprint density at radius 1 is 1.30 bits per heavy atom. The molecule has 0 radical (unpaired) electrons. The minimum Gasteiger partial charge on any atom is -0.368 e. The average molecular weight is 491 g/mol. The van der Waals surface area contributed by atoms with Crippen LogP contribution in [0.25, 0.3) is 0 Å². The van der Waals surface area contributed by atoms with Crippen LogP contribution >= 0.6 is 11.6 Å². The van der Waals surface area contributed by atoms with Crippen LogP contribution in [0.1, 0.15) is 47.1 Å². The smallest absolute Gasteiger partial charge is 0.368 e. The van der Waals surface area contributed by atoms with Crippen molar-refractivity contribution < 1.29 is 36.6 Å². The van der Waals surface area contributed by atoms with E-state index in [9.17, 15) is 32.3 Å². The van der Waals surface area contributed by atoms with E-state index >= 15 is 4.39 Å². The van der Waals surface area contributed by atoms with Gasteiger partial charge >= 0.3 is 6.18 Å². The second-order valence-corrected chi connectivity index (χ2v) is 7.85. The van der Waals surface area contributed by atoms with Crippen molar-refractivity contribution in [3.8, 4) is 6.07 Å². The van der Waals surface area contributed by atoms with Crippen molar-refractivity contribution in [2.24, 2.45) is 7.05 Å². The van der Waals surface area contributed by atoms with Crippen molar-refractivity contribution in [2.75, 3.05) is 5.32 Å². The number of nitriles is 1. The van der Waals surface area contributed by atoms with E-state index < -0.39 is 70.5 Å². The maximum Gasteiger partial charge on any atom is 0.411 e. The number of anilines is 1. The number of carbonyl (C=O) groups excluding carboxylic acids is 2. The van der Waals surface area contributed by atoms with Crippen molar-refractivity contribution >= 4 is 29.0 Å². The number of halogens is 6. The van der Waals surface area contributed by atoms with Gasteiger partial charge < -0.3 is 20.3 Å². The third-order valence-electron chi connectivity index (χ3n) is 5.49. The second kappa shape index (κ2) is 8.64. The predicted octanol–water partition coefficient (Wildman–Crippen LogP) is 3.72. The standard InChI is InChI=1S/C20H16ClF5N4O3/c1-30-14(17(32)28-10-3-4-11(22)9(7-10)8-27)13(23)12(16(30)21)15(31)18(33)29-19(5-2-6-19)20(24,25)26/h3-4,7,17,28,32H,2,5-6H2,1H3,(H,29,33). The first-order chi connectivity index (χ1) is 15.3. The molecule has 1 fully saturated rings. The van der Waals surface area contributed by atoms with Gasteiger partial charge in [-0.05, 0) is 37.5 Å². The Labute approximate surface area is 188 Å². The largest absolute Gasteiger partial charge is 0.411 e. The van der Waals surface area contributed by atoms with Gasteiger partial charge in [0.25, 0.3) is 11.7 Å². The summed E-state index contributed by atoms with van der Waals surface area (Å²) in [5.74, 6) is -5.59. The molecule has 0 spiro atoms. The van der Waals surface area contributed by atoms with E-state index in [2.05, 4.69) is 5.32 Å². The molecule has 1 aromatic heterocycles. The highest BCUT2D eigenvalue weighted by Crippen LogP contribution is 2.45. The number of ketones is 1. The Hall–Kier alpha value is -3.17. The van der Waals surface area contributed by atoms with Gasteiger partial charge in [0.1, 0.15) is 33.8 Å². The van der Waals surface area contributed by atoms with Crippen LogP contribution in [0.3, 0.4) is 0 Å². The number of carbonyl (C=O) groups is 2. The topological polar surface area (TPSA) is 107 Å². The van der Waals surface area contributed by atoms with Crippen LogP contribution in [-0.2, 0) is 11.8 Å². The Kier molecular flexibility index (Phi) is 6.41. The molecule has 0 aliphatic heterocycles. The molecule has 7 nitrogen and oxygen atoms in total. The number of rotatable bonds is 6. The van der Waals surface area contributed by atoms with Crippen LogP contribution in [0.4, 0.5) is 27.6 Å². The Morgan fingerprint density at radius 2 is 1.94 bits per heavy atom. The lowest BCUT2D eigenvalue weighted by Gasteiger charge is -2.43. The average Bonchev–Trinajstić information content (AvgIpc) is 2.92. The minimum atomic E-state index is -4.80. The molecule has 3 rings (SSSR count). The molecule has 1 aliphatic rings. The fraction of sp³-hybridized carbons (Fsp3) is 0.350. The van der Waals surface area contributed by atoms with Gasteiger partial charge in [0, 0.05) is 12.7 Å². The number of benzene rings is 1. The molecule has 0 bridgehead atoms. The highest BCUT2D eigenvalue weighted by molar-refractivity contribution is 6.47. The highest BCUT2D eigenvalue weighted by Gasteiger charge is 2.59. The lowest BCUT2D eigenvalue weighted by molar-refractivity contribution is -0.218. The van der Waals surface area contributed by atoms with Crippen LogP contribution < -0.4 is 10.6 Å². The number of Topliss-reactive ketones (excluding diaryl/α,β-unsaturated/α-hetero) is 1. The summed E-state index contributed by atoms with van der Waals surface area (Å²) in [5, 5.41) is 22.7. The van der Waals surface area contributed by atoms with Crippen molar-refractivity contribution in [1.82, 2.24) is 9.88 Å². The van der Waals surface area contributed by atoms with Gasteiger partial charge in [-0.15, -0.1) is 0 Å². The van der Waals surface area contributed by atoms with E-state index in [0.29, 0.717) is 0 Å². The fourth-order valence-electron chi connectivity index (χ4n) is 3.46. The van der Waals surface area contributed by atoms with E-state index in [0.717, 1.165) is 29.8 Å². The molecule has 1 atom stereocenters. The molecule has 3 N–H and O–H groups in total. The van der Waals surface area contributed by atoms with Gasteiger partial charge in [0.05, 0.1) is 5.56 Å². The molecule has 33 heavy (non-hydrogen) atoms. The highest BCUT2D eigenvalue weighted by atomic mass is 35.5. The van der Waals surface area contributed by atoms with Gasteiger partial charge in [-0.25, -0.2) is 8.78 Å². The zero-order chi connectivity index (χ0) is 24.7. The normalized spacial score (nSPS) is 15.8. The van der Waals surface area contributed by atoms with Crippen molar-refractivity contribution in [2.45, 2.75) is 37.2 Å². The first-order valence-corrected chi connectivity index (χ1v) is 9.82. The van der Waals surface area contributed by atoms with Crippen LogP contribution in [0.5, 0.6) is 0 Å². The lowest BCUT2D eigenvalue weighted by Crippen LogP contribution is -2.64. The van der Waals surface area contributed by atoms with Gasteiger partial charge in [0.15, 0.2) is 12.0 Å². The summed E-state index contributed by atoms with van der Waals surface area (Å²) in [6, 6.07) is 4.70. The summed E-state index contributed by atoms with van der Waals surface area (Å²) in [4.78, 5) is 24.7. The molecule has 176 valence electrons. The van der Waals surface area contributed by atoms with Gasteiger partial charge in [-0.3, -0.25) is 9.59 Å². The number of amides is 1. The molecule has 1 unspecified atom stereocenters. The molecule has 13 heteroatoms. The number of aliphatic hydroxyl groups excluding tert-OH is 1. The quantitative estimate of drug-likeness (QED) is 0.248. The van der Waals surface area contributed by atoms with Gasteiger partial charge in [0.2, 0.25) is 0 Å². The van der Waals surface area contributed by atoms with E-state index in [1.165, 1.54) is 0 Å². The lowest BCUT2D eigenvalue weighted by atomic mass is 9.76. The maximum absolute atomic E-state index is 15.0. The summed E-state index contributed by atoms with van der Waals surface area (Å²) in [5.41, 5.74) is -4.55. The molecule has 0 saturated heterocycles. The Bertz CT molecular complexity index is 1170. The SMILES string of the molecule is Cn1c(Cl)c(C(=O)C(=O)NC2(C(F)(F)F)CCC2)c(F)c1C(O)Nc1ccc(F)c(C#N)c1. The van der Waals surface area contributed by atoms with Gasteiger partial charge in [-0.2, -0.15) is 18.4 Å². The van der Waals surface area contributed by atoms with Crippen molar-refractivity contribution in [1.29, 1.82) is 5.26 Å². The Balaban J connectivity index is 1.88. The summed E-state index contributed by atoms with van der Waals surface area (Å²) >= 11 is 5.95. The third-order valence-corrected chi connectivity index (χ3v) is 5.93. The summed E-state index contributed by atoms with van der Waals surface area (Å²) in [6.07, 6.45) is -7.34. The molecular formula is C20H16ClF5N4O3. The third kappa shape index (κ3) is 4.26. The molecule has 1 amide bonds. The van der Waals surface area contributed by atoms with Crippen LogP contribution in [-0.4, -0.2) is 33.1 Å². The molecule has 2 aromatic rings. The molecule has 1 aromatic carbocycles. The molecule has 1 saturated carbocycles. The number of hydrogen-bond acceptors (Lipinski definition) is 5. The summed E-state index contributed by atoms with van der Waals surface area (Å²) in [6.45, 7) is 0. The number of aromatic nitrogens is 1. The van der Waals surface area contributed by atoms with E-state index in [4.69, 9.17) is 16.9 Å². The van der Waals surface area contributed by atoms with Crippen molar-refractivity contribution in [3.63, 3.8) is 0 Å². The number of hydrogen-bond donors (Lipinski definition) is 3. The first kappa shape index (κ1) is 24.5. The number of nitrogens with zero attached hydrogens (tertiary/aromatic N) is 2. The van der Waals surface area contributed by atoms with E-state index in [1.807, 2.05) is 0 Å². The summed E-state index contributed by atoms with van der Waals surface area (Å²) < 4.78 is 69.2. The predicted molar refractivity (Wildman–Crippen MR) is 105 cm³/mol. The minimum absolute atomic E-state index is 0.0138. The van der Waals surface area contributed by atoms with Crippen molar-refractivity contribution in [3.05, 3.63) is 51.8 Å². The molecule has 1 heterocycles. The first-order valence-electron chi connectivity index (χ1n) is 9.44. The zero-order valence-electron chi connectivity index (χ0n) is 16.9.